The average molecular weight is 695 g/mol. The quantitative estimate of drug-likeness (QED) is 0.0408. The topological polar surface area (TPSA) is 220 Å². The van der Waals surface area contributed by atoms with Crippen LogP contribution in [0.2, 0.25) is 25.7 Å². The molecule has 6 amide bonds. The number of rotatable bonds is 25. The number of urea groups is 1. The van der Waals surface area contributed by atoms with Gasteiger partial charge in [-0.2, -0.15) is 0 Å². The number of nitrogens with zero attached hydrogens (tertiary/aromatic N) is 1. The van der Waals surface area contributed by atoms with E-state index >= 15 is 0 Å². The van der Waals surface area contributed by atoms with E-state index < -0.39 is 44.0 Å². The first-order valence-corrected chi connectivity index (χ1v) is 20.8. The molecule has 0 fully saturated rings. The zero-order valence-electron chi connectivity index (χ0n) is 29.4. The van der Waals surface area contributed by atoms with Crippen LogP contribution >= 0.6 is 0 Å². The van der Waals surface area contributed by atoms with Crippen LogP contribution in [0.5, 0.6) is 0 Å². The number of nitrogens with one attached hydrogen (secondary N) is 3. The first kappa shape index (κ1) is 42.4. The van der Waals surface area contributed by atoms with Gasteiger partial charge in [0.25, 0.3) is 11.8 Å². The summed E-state index contributed by atoms with van der Waals surface area (Å²) in [4.78, 5) is 88.7. The molecule has 0 unspecified atom stereocenters. The van der Waals surface area contributed by atoms with Gasteiger partial charge in [-0.15, -0.1) is 0 Å². The first-order valence-electron chi connectivity index (χ1n) is 17.1. The highest BCUT2D eigenvalue weighted by atomic mass is 28.3. The Morgan fingerprint density at radius 2 is 1.56 bits per heavy atom. The van der Waals surface area contributed by atoms with Gasteiger partial charge in [0.2, 0.25) is 11.8 Å². The Balaban J connectivity index is 2.87. The number of unbranched alkanes of at least 4 members (excludes halogenated alkanes) is 3. The summed E-state index contributed by atoms with van der Waals surface area (Å²) in [5.74, 6) is -3.42. The van der Waals surface area contributed by atoms with Crippen LogP contribution in [0.25, 0.3) is 0 Å². The lowest BCUT2D eigenvalue weighted by Gasteiger charge is -2.25. The molecular weight excluding hydrogens is 636 g/mol. The normalized spacial score (nSPS) is 14.9. The number of carbonyl (C=O) groups is 7. The van der Waals surface area contributed by atoms with Crippen LogP contribution in [0.15, 0.2) is 12.2 Å². The van der Waals surface area contributed by atoms with E-state index in [1.165, 1.54) is 12.2 Å². The summed E-state index contributed by atoms with van der Waals surface area (Å²) < 4.78 is 5.53. The van der Waals surface area contributed by atoms with Gasteiger partial charge in [-0.25, -0.2) is 9.59 Å². The highest BCUT2D eigenvalue weighted by Gasteiger charge is 2.32. The standard InChI is InChI=1S/C33H58N6O8Si/c1-23(2)30(38-27(41)14-7-6-10-19-39-28(42)15-16-29(39)43)26(40)22-24(12-11-18-36-33(35)46)31(44)37-25(13-8-9-17-34)32(45)47-20-21-48(3,4)5/h15-16,23-25,30H,6-14,17-22,34H2,1-5H3,(H,37,44)(H,38,41)(H3,35,36,46)/t24-,25+,30+/m1/s1. The molecule has 1 aliphatic rings. The molecule has 272 valence electrons. The molecule has 48 heavy (non-hydrogen) atoms. The summed E-state index contributed by atoms with van der Waals surface area (Å²) in [5, 5.41) is 8.10. The first-order chi connectivity index (χ1) is 22.5. The van der Waals surface area contributed by atoms with Crippen LogP contribution < -0.4 is 27.4 Å². The molecule has 1 rings (SSSR count). The lowest BCUT2D eigenvalue weighted by Crippen LogP contribution is -2.48. The van der Waals surface area contributed by atoms with Crippen LogP contribution in [0.1, 0.15) is 78.1 Å². The molecule has 0 radical (unpaired) electrons. The van der Waals surface area contributed by atoms with Crippen LogP contribution in [-0.2, 0) is 33.5 Å². The highest BCUT2D eigenvalue weighted by molar-refractivity contribution is 6.76. The number of Topliss-reactive ketones (excluding diaryl/α,β-unsaturated/α-hetero) is 1. The van der Waals surface area contributed by atoms with E-state index in [0.717, 1.165) is 10.9 Å². The van der Waals surface area contributed by atoms with Gasteiger partial charge in [0, 0.05) is 52.1 Å². The van der Waals surface area contributed by atoms with Crippen LogP contribution in [0.3, 0.4) is 0 Å². The second-order valence-electron chi connectivity index (χ2n) is 13.9. The molecule has 3 atom stereocenters. The summed E-state index contributed by atoms with van der Waals surface area (Å²) in [7, 11) is -1.45. The van der Waals surface area contributed by atoms with Crippen LogP contribution in [0.4, 0.5) is 4.79 Å². The predicted octanol–water partition coefficient (Wildman–Crippen LogP) is 2.13. The SMILES string of the molecule is CC(C)[C@H](NC(=O)CCCCCN1C(=O)C=CC1=O)C(=O)C[C@@H](CCCNC(N)=O)C(=O)N[C@@H](CCCCN)C(=O)OCC[Si](C)(C)C. The average Bonchev–Trinajstić information content (AvgIpc) is 3.31. The zero-order chi connectivity index (χ0) is 36.3. The minimum absolute atomic E-state index is 0.156. The molecule has 1 heterocycles. The molecule has 0 aliphatic carbocycles. The second kappa shape index (κ2) is 22.1. The van der Waals surface area contributed by atoms with E-state index in [2.05, 4.69) is 35.6 Å². The Hall–Kier alpha value is -3.59. The number of ether oxygens (including phenoxy) is 1. The van der Waals surface area contributed by atoms with Crippen molar-refractivity contribution in [3.63, 3.8) is 0 Å². The van der Waals surface area contributed by atoms with Crippen molar-refractivity contribution in [1.29, 1.82) is 0 Å². The Bertz CT molecular complexity index is 1120. The third kappa shape index (κ3) is 17.5. The zero-order valence-corrected chi connectivity index (χ0v) is 30.4. The molecule has 0 spiro atoms. The highest BCUT2D eigenvalue weighted by Crippen LogP contribution is 2.18. The molecule has 0 saturated carbocycles. The fourth-order valence-corrected chi connectivity index (χ4v) is 5.81. The third-order valence-electron chi connectivity index (χ3n) is 8.01. The van der Waals surface area contributed by atoms with Crippen molar-refractivity contribution in [1.82, 2.24) is 20.9 Å². The third-order valence-corrected chi connectivity index (χ3v) is 9.71. The number of ketones is 1. The number of esters is 1. The predicted molar refractivity (Wildman–Crippen MR) is 185 cm³/mol. The van der Waals surface area contributed by atoms with Crippen molar-refractivity contribution < 1.29 is 38.3 Å². The van der Waals surface area contributed by atoms with Crippen molar-refractivity contribution in [3.8, 4) is 0 Å². The van der Waals surface area contributed by atoms with E-state index in [1.807, 2.05) is 0 Å². The molecular formula is C33H58N6O8Si. The lowest BCUT2D eigenvalue weighted by atomic mass is 9.89. The fraction of sp³-hybridized carbons (Fsp3) is 0.727. The molecule has 0 saturated heterocycles. The summed E-state index contributed by atoms with van der Waals surface area (Å²) in [6.07, 6.45) is 6.31. The second-order valence-corrected chi connectivity index (χ2v) is 19.5. The van der Waals surface area contributed by atoms with E-state index in [-0.39, 0.29) is 68.4 Å². The van der Waals surface area contributed by atoms with Crippen molar-refractivity contribution in [3.05, 3.63) is 12.2 Å². The summed E-state index contributed by atoms with van der Waals surface area (Å²) >= 11 is 0. The summed E-state index contributed by atoms with van der Waals surface area (Å²) in [5.41, 5.74) is 10.8. The number of hydrogen-bond acceptors (Lipinski definition) is 9. The van der Waals surface area contributed by atoms with Crippen LogP contribution in [-0.4, -0.2) is 92.7 Å². The minimum Gasteiger partial charge on any atom is -0.464 e. The Labute approximate surface area is 285 Å². The molecule has 1 aliphatic heterocycles. The number of nitrogens with two attached hydrogens (primary N) is 2. The van der Waals surface area contributed by atoms with Gasteiger partial charge in [-0.1, -0.05) is 39.9 Å². The van der Waals surface area contributed by atoms with Crippen molar-refractivity contribution in [2.75, 3.05) is 26.2 Å². The number of carbonyl (C=O) groups excluding carboxylic acids is 7. The maximum absolute atomic E-state index is 13.6. The van der Waals surface area contributed by atoms with E-state index in [4.69, 9.17) is 16.2 Å². The largest absolute Gasteiger partial charge is 0.464 e. The van der Waals surface area contributed by atoms with Gasteiger partial charge >= 0.3 is 12.0 Å². The van der Waals surface area contributed by atoms with Gasteiger partial charge in [-0.05, 0) is 63.5 Å². The number of hydrogen-bond donors (Lipinski definition) is 5. The molecule has 0 bridgehead atoms. The molecule has 0 aromatic heterocycles. The van der Waals surface area contributed by atoms with Gasteiger partial charge in [0.1, 0.15) is 6.04 Å². The Kier molecular flexibility index (Phi) is 19.6. The van der Waals surface area contributed by atoms with E-state index in [0.29, 0.717) is 51.5 Å². The van der Waals surface area contributed by atoms with Gasteiger partial charge < -0.3 is 32.2 Å². The monoisotopic (exact) mass is 694 g/mol. The van der Waals surface area contributed by atoms with E-state index in [9.17, 15) is 33.6 Å². The maximum atomic E-state index is 13.6. The smallest absolute Gasteiger partial charge is 0.328 e. The van der Waals surface area contributed by atoms with Gasteiger partial charge in [0.05, 0.1) is 12.6 Å². The van der Waals surface area contributed by atoms with Crippen molar-refractivity contribution in [2.24, 2.45) is 23.3 Å². The van der Waals surface area contributed by atoms with E-state index in [1.54, 1.807) is 13.8 Å². The van der Waals surface area contributed by atoms with Gasteiger partial charge in [-0.3, -0.25) is 28.9 Å². The van der Waals surface area contributed by atoms with Crippen molar-refractivity contribution >= 4 is 49.5 Å². The molecule has 0 aromatic rings. The summed E-state index contributed by atoms with van der Waals surface area (Å²) in [6, 6.07) is -1.65. The Morgan fingerprint density at radius 3 is 2.15 bits per heavy atom. The molecule has 7 N–H and O–H groups in total. The Morgan fingerprint density at radius 1 is 0.896 bits per heavy atom. The summed E-state index contributed by atoms with van der Waals surface area (Å²) in [6.45, 7) is 11.3. The molecule has 14 nitrogen and oxygen atoms in total. The number of amides is 6. The number of imide groups is 1. The van der Waals surface area contributed by atoms with Crippen LogP contribution in [0, 0.1) is 11.8 Å². The van der Waals surface area contributed by atoms with Crippen molar-refractivity contribution in [2.45, 2.75) is 116 Å². The molecule has 15 heteroatoms. The minimum atomic E-state index is -1.45. The van der Waals surface area contributed by atoms with Gasteiger partial charge in [0.15, 0.2) is 5.78 Å². The lowest BCUT2D eigenvalue weighted by molar-refractivity contribution is -0.148. The maximum Gasteiger partial charge on any atom is 0.328 e. The fourth-order valence-electron chi connectivity index (χ4n) is 5.09. The number of primary amides is 1. The molecule has 0 aromatic carbocycles.